The third kappa shape index (κ3) is 4.63. The van der Waals surface area contributed by atoms with E-state index in [0.717, 1.165) is 25.9 Å². The molecule has 1 fully saturated rings. The summed E-state index contributed by atoms with van der Waals surface area (Å²) in [5.74, 6) is -0.814. The van der Waals surface area contributed by atoms with E-state index in [1.165, 1.54) is 6.07 Å². The van der Waals surface area contributed by atoms with Gasteiger partial charge < -0.3 is 10.6 Å². The summed E-state index contributed by atoms with van der Waals surface area (Å²) < 4.78 is 41.6. The van der Waals surface area contributed by atoms with E-state index in [-0.39, 0.29) is 18.2 Å². The minimum atomic E-state index is -4.54. The van der Waals surface area contributed by atoms with Crippen molar-refractivity contribution < 1.29 is 18.0 Å². The molecule has 2 N–H and O–H groups in total. The Morgan fingerprint density at radius 2 is 2.08 bits per heavy atom. The first kappa shape index (κ1) is 18.4. The van der Waals surface area contributed by atoms with E-state index in [2.05, 4.69) is 15.7 Å². The summed E-state index contributed by atoms with van der Waals surface area (Å²) >= 11 is 0. The molecule has 1 amide bonds. The van der Waals surface area contributed by atoms with Gasteiger partial charge in [-0.1, -0.05) is 30.3 Å². The first-order valence-corrected chi connectivity index (χ1v) is 8.61. The van der Waals surface area contributed by atoms with Gasteiger partial charge in [0.25, 0.3) is 5.91 Å². The summed E-state index contributed by atoms with van der Waals surface area (Å²) in [6.45, 7) is 1.68. The number of carbonyl (C=O) groups is 1. The number of benzene rings is 1. The maximum absolute atomic E-state index is 13.3. The second-order valence-electron chi connectivity index (χ2n) is 6.44. The Morgan fingerprint density at radius 3 is 2.73 bits per heavy atom. The predicted octanol–water partition coefficient (Wildman–Crippen LogP) is 2.71. The van der Waals surface area contributed by atoms with E-state index >= 15 is 0 Å². The molecule has 0 bridgehead atoms. The van der Waals surface area contributed by atoms with E-state index in [0.29, 0.717) is 5.56 Å². The molecular weight excluding hydrogens is 345 g/mol. The molecule has 26 heavy (non-hydrogen) atoms. The van der Waals surface area contributed by atoms with Crippen LogP contribution in [0.1, 0.15) is 34.9 Å². The number of nitrogens with zero attached hydrogens (tertiary/aromatic N) is 2. The molecule has 0 spiro atoms. The van der Waals surface area contributed by atoms with Crippen molar-refractivity contribution in [3.63, 3.8) is 0 Å². The molecule has 2 unspecified atom stereocenters. The smallest absolute Gasteiger partial charge is 0.339 e. The number of hydrogen-bond acceptors (Lipinski definition) is 3. The van der Waals surface area contributed by atoms with Gasteiger partial charge in [-0.15, -0.1) is 0 Å². The first-order valence-electron chi connectivity index (χ1n) is 8.61. The van der Waals surface area contributed by atoms with Gasteiger partial charge in [0.15, 0.2) is 0 Å². The van der Waals surface area contributed by atoms with Gasteiger partial charge in [0.05, 0.1) is 6.04 Å². The van der Waals surface area contributed by atoms with Crippen LogP contribution in [0.2, 0.25) is 0 Å². The molecule has 2 aromatic rings. The summed E-state index contributed by atoms with van der Waals surface area (Å²) in [5, 5.41) is 9.50. The minimum absolute atomic E-state index is 0.00196. The van der Waals surface area contributed by atoms with Gasteiger partial charge >= 0.3 is 6.18 Å². The normalized spacial score (nSPS) is 19.1. The predicted molar refractivity (Wildman–Crippen MR) is 90.8 cm³/mol. The van der Waals surface area contributed by atoms with E-state index < -0.39 is 18.1 Å². The Kier molecular flexibility index (Phi) is 5.61. The topological polar surface area (TPSA) is 59.0 Å². The number of rotatable bonds is 5. The molecule has 1 aliphatic heterocycles. The molecule has 8 heteroatoms. The lowest BCUT2D eigenvalue weighted by atomic mass is 10.1. The number of carbonyl (C=O) groups excluding carboxylic acids is 1. The quantitative estimate of drug-likeness (QED) is 0.856. The van der Waals surface area contributed by atoms with Crippen molar-refractivity contribution in [1.82, 2.24) is 20.4 Å². The van der Waals surface area contributed by atoms with Crippen molar-refractivity contribution in [3.05, 3.63) is 53.9 Å². The summed E-state index contributed by atoms with van der Waals surface area (Å²) in [6.07, 6.45) is -1.29. The van der Waals surface area contributed by atoms with Crippen LogP contribution in [0.25, 0.3) is 0 Å². The summed E-state index contributed by atoms with van der Waals surface area (Å²) in [7, 11) is 0. The lowest BCUT2D eigenvalue weighted by Gasteiger charge is -2.23. The number of aromatic nitrogens is 2. The summed E-state index contributed by atoms with van der Waals surface area (Å²) in [6, 6.07) is 7.91. The Labute approximate surface area is 149 Å². The summed E-state index contributed by atoms with van der Waals surface area (Å²) in [4.78, 5) is 12.3. The minimum Gasteiger partial charge on any atom is -0.339 e. The highest BCUT2D eigenvalue weighted by Crippen LogP contribution is 2.24. The van der Waals surface area contributed by atoms with Crippen LogP contribution in [-0.2, 0) is 6.42 Å². The van der Waals surface area contributed by atoms with Gasteiger partial charge in [-0.25, -0.2) is 0 Å². The van der Waals surface area contributed by atoms with Gasteiger partial charge in [0.2, 0.25) is 0 Å². The zero-order valence-corrected chi connectivity index (χ0v) is 14.2. The van der Waals surface area contributed by atoms with Crippen LogP contribution in [0.3, 0.4) is 0 Å². The van der Waals surface area contributed by atoms with Crippen LogP contribution in [-0.4, -0.2) is 41.0 Å². The molecule has 140 valence electrons. The highest BCUT2D eigenvalue weighted by atomic mass is 19.4. The van der Waals surface area contributed by atoms with Crippen LogP contribution in [0, 0.1) is 0 Å². The second kappa shape index (κ2) is 7.90. The van der Waals surface area contributed by atoms with Crippen molar-refractivity contribution in [2.45, 2.75) is 37.5 Å². The number of alkyl halides is 3. The van der Waals surface area contributed by atoms with Crippen molar-refractivity contribution >= 4 is 5.91 Å². The maximum atomic E-state index is 13.3. The third-order valence-corrected chi connectivity index (χ3v) is 4.47. The zero-order chi connectivity index (χ0) is 18.6. The molecule has 1 aromatic heterocycles. The lowest BCUT2D eigenvalue weighted by Crippen LogP contribution is -2.47. The summed E-state index contributed by atoms with van der Waals surface area (Å²) in [5.41, 5.74) is 0.506. The SMILES string of the molecule is O=C(NC(Cc1ccccc1)C(F)(F)F)c1ccn(C2CCCNC2)n1. The van der Waals surface area contributed by atoms with Crippen LogP contribution >= 0.6 is 0 Å². The van der Waals surface area contributed by atoms with E-state index in [4.69, 9.17) is 0 Å². The molecule has 1 aliphatic rings. The van der Waals surface area contributed by atoms with Crippen LogP contribution in [0.15, 0.2) is 42.6 Å². The Bertz CT molecular complexity index is 724. The van der Waals surface area contributed by atoms with Crippen LogP contribution < -0.4 is 10.6 Å². The fourth-order valence-electron chi connectivity index (χ4n) is 3.05. The van der Waals surface area contributed by atoms with Crippen molar-refractivity contribution in [2.24, 2.45) is 0 Å². The number of halogens is 3. The Balaban J connectivity index is 1.68. The Morgan fingerprint density at radius 1 is 1.31 bits per heavy atom. The largest absolute Gasteiger partial charge is 0.408 e. The molecule has 0 aliphatic carbocycles. The van der Waals surface area contributed by atoms with Crippen LogP contribution in [0.5, 0.6) is 0 Å². The highest BCUT2D eigenvalue weighted by Gasteiger charge is 2.41. The van der Waals surface area contributed by atoms with Gasteiger partial charge in [0.1, 0.15) is 11.7 Å². The lowest BCUT2D eigenvalue weighted by molar-refractivity contribution is -0.153. The van der Waals surface area contributed by atoms with Gasteiger partial charge in [0, 0.05) is 19.2 Å². The molecule has 0 saturated carbocycles. The molecule has 3 rings (SSSR count). The zero-order valence-electron chi connectivity index (χ0n) is 14.2. The molecule has 0 radical (unpaired) electrons. The number of nitrogens with one attached hydrogen (secondary N) is 2. The van der Waals surface area contributed by atoms with E-state index in [1.54, 1.807) is 41.2 Å². The number of amides is 1. The van der Waals surface area contributed by atoms with Gasteiger partial charge in [-0.3, -0.25) is 9.48 Å². The Hall–Kier alpha value is -2.35. The average Bonchev–Trinajstić information content (AvgIpc) is 3.12. The third-order valence-electron chi connectivity index (χ3n) is 4.47. The average molecular weight is 366 g/mol. The molecule has 1 saturated heterocycles. The molecule has 2 atom stereocenters. The van der Waals surface area contributed by atoms with Gasteiger partial charge in [-0.05, 0) is 31.0 Å². The molecule has 1 aromatic carbocycles. The molecule has 2 heterocycles. The number of hydrogen-bond donors (Lipinski definition) is 2. The van der Waals surface area contributed by atoms with Crippen molar-refractivity contribution in [3.8, 4) is 0 Å². The maximum Gasteiger partial charge on any atom is 0.408 e. The first-order chi connectivity index (χ1) is 12.4. The van der Waals surface area contributed by atoms with E-state index in [9.17, 15) is 18.0 Å². The number of piperidine rings is 1. The standard InChI is InChI=1S/C18H21F3N4O/c19-18(20,21)16(11-13-5-2-1-3-6-13)23-17(26)15-8-10-25(24-15)14-7-4-9-22-12-14/h1-3,5-6,8,10,14,16,22H,4,7,9,11-12H2,(H,23,26). The highest BCUT2D eigenvalue weighted by molar-refractivity contribution is 5.92. The fourth-order valence-corrected chi connectivity index (χ4v) is 3.05. The van der Waals surface area contributed by atoms with Crippen molar-refractivity contribution in [2.75, 3.05) is 13.1 Å². The monoisotopic (exact) mass is 366 g/mol. The molecular formula is C18H21F3N4O. The fraction of sp³-hybridized carbons (Fsp3) is 0.444. The van der Waals surface area contributed by atoms with E-state index in [1.807, 2.05) is 0 Å². The van der Waals surface area contributed by atoms with Crippen LogP contribution in [0.4, 0.5) is 13.2 Å². The molecule has 5 nitrogen and oxygen atoms in total. The second-order valence-corrected chi connectivity index (χ2v) is 6.44. The van der Waals surface area contributed by atoms with Crippen molar-refractivity contribution in [1.29, 1.82) is 0 Å². The van der Waals surface area contributed by atoms with Gasteiger partial charge in [-0.2, -0.15) is 18.3 Å².